The Hall–Kier alpha value is -0.290. The molecule has 0 atom stereocenters. The van der Waals surface area contributed by atoms with E-state index in [1.807, 2.05) is 0 Å². The first-order valence-electron chi connectivity index (χ1n) is 2.86. The van der Waals surface area contributed by atoms with Crippen molar-refractivity contribution >= 4 is 57.9 Å². The fraction of sp³-hybridized carbons (Fsp3) is 0. The smallest absolute Gasteiger partial charge is 0.378 e. The van der Waals surface area contributed by atoms with E-state index in [1.165, 1.54) is 0 Å². The average molecular weight is 259 g/mol. The Labute approximate surface area is 91.8 Å². The van der Waals surface area contributed by atoms with Crippen LogP contribution in [0.25, 0.3) is 0 Å². The first kappa shape index (κ1) is 10.8. The summed E-state index contributed by atoms with van der Waals surface area (Å²) in [7, 11) is 0. The number of rotatable bonds is 2. The molecule has 70 valence electrons. The number of halogens is 3. The van der Waals surface area contributed by atoms with Gasteiger partial charge >= 0.3 is 5.97 Å². The third-order valence-corrected chi connectivity index (χ3v) is 3.73. The van der Waals surface area contributed by atoms with Crippen LogP contribution in [0, 0.1) is 0 Å². The Morgan fingerprint density at radius 1 is 1.15 bits per heavy atom. The average Bonchev–Trinajstić information content (AvgIpc) is 2.31. The molecule has 0 aromatic carbocycles. The van der Waals surface area contributed by atoms with E-state index in [4.69, 9.17) is 39.9 Å². The summed E-state index contributed by atoms with van der Waals surface area (Å²) in [6, 6.07) is 0. The Morgan fingerprint density at radius 2 is 1.69 bits per heavy atom. The fourth-order valence-corrected chi connectivity index (χ4v) is 2.34. The van der Waals surface area contributed by atoms with Crippen molar-refractivity contribution in [2.45, 2.75) is 0 Å². The van der Waals surface area contributed by atoms with Gasteiger partial charge in [0.2, 0.25) is 0 Å². The second kappa shape index (κ2) is 3.84. The zero-order valence-electron chi connectivity index (χ0n) is 5.81. The van der Waals surface area contributed by atoms with Crippen molar-refractivity contribution in [2.24, 2.45) is 0 Å². The second-order valence-corrected chi connectivity index (χ2v) is 4.35. The van der Waals surface area contributed by atoms with E-state index in [0.29, 0.717) is 0 Å². The number of aliphatic carboxylic acids is 1. The van der Waals surface area contributed by atoms with Crippen molar-refractivity contribution in [3.63, 3.8) is 0 Å². The summed E-state index contributed by atoms with van der Waals surface area (Å²) < 4.78 is 0.108. The van der Waals surface area contributed by atoms with Gasteiger partial charge in [-0.15, -0.1) is 11.3 Å². The fourth-order valence-electron chi connectivity index (χ4n) is 0.608. The number of hydrogen-bond donors (Lipinski definition) is 1. The Kier molecular flexibility index (Phi) is 3.18. The van der Waals surface area contributed by atoms with Crippen LogP contribution in [0.4, 0.5) is 0 Å². The summed E-state index contributed by atoms with van der Waals surface area (Å²) in [6.45, 7) is 0. The van der Waals surface area contributed by atoms with Gasteiger partial charge < -0.3 is 5.11 Å². The lowest BCUT2D eigenvalue weighted by Crippen LogP contribution is -2.11. The van der Waals surface area contributed by atoms with Crippen molar-refractivity contribution in [2.75, 3.05) is 0 Å². The zero-order valence-corrected chi connectivity index (χ0v) is 8.89. The van der Waals surface area contributed by atoms with Gasteiger partial charge in [-0.1, -0.05) is 34.8 Å². The third kappa shape index (κ3) is 1.96. The molecular formula is C6HCl3O3S. The molecule has 0 spiro atoms. The van der Waals surface area contributed by atoms with Crippen molar-refractivity contribution in [1.29, 1.82) is 0 Å². The third-order valence-electron chi connectivity index (χ3n) is 1.16. The summed E-state index contributed by atoms with van der Waals surface area (Å²) in [4.78, 5) is 21.1. The maximum Gasteiger partial charge on any atom is 0.378 e. The molecule has 1 aromatic rings. The molecular weight excluding hydrogens is 258 g/mol. The van der Waals surface area contributed by atoms with Crippen LogP contribution in [-0.4, -0.2) is 16.9 Å². The van der Waals surface area contributed by atoms with Gasteiger partial charge in [0.1, 0.15) is 9.21 Å². The molecule has 13 heavy (non-hydrogen) atoms. The lowest BCUT2D eigenvalue weighted by molar-refractivity contribution is -0.131. The number of carbonyl (C=O) groups is 2. The normalized spacial score (nSPS) is 10.1. The largest absolute Gasteiger partial charge is 0.475 e. The molecule has 1 N–H and O–H groups in total. The molecule has 0 aliphatic rings. The molecule has 0 aliphatic heterocycles. The summed E-state index contributed by atoms with van der Waals surface area (Å²) in [5.74, 6) is -2.69. The summed E-state index contributed by atoms with van der Waals surface area (Å²) in [5.41, 5.74) is 0. The molecule has 3 nitrogen and oxygen atoms in total. The minimum Gasteiger partial charge on any atom is -0.475 e. The Bertz CT molecular complexity index is 385. The quantitative estimate of drug-likeness (QED) is 0.656. The molecule has 0 fully saturated rings. The monoisotopic (exact) mass is 258 g/mol. The highest BCUT2D eigenvalue weighted by Gasteiger charge is 2.24. The lowest BCUT2D eigenvalue weighted by Gasteiger charge is -1.89. The first-order chi connectivity index (χ1) is 5.95. The maximum absolute atomic E-state index is 10.9. The van der Waals surface area contributed by atoms with Crippen LogP contribution in [0.1, 0.15) is 9.67 Å². The van der Waals surface area contributed by atoms with Crippen molar-refractivity contribution in [3.05, 3.63) is 19.3 Å². The molecule has 1 aromatic heterocycles. The highest BCUT2D eigenvalue weighted by Crippen LogP contribution is 2.40. The highest BCUT2D eigenvalue weighted by molar-refractivity contribution is 7.20. The van der Waals surface area contributed by atoms with Crippen LogP contribution >= 0.6 is 46.1 Å². The van der Waals surface area contributed by atoms with E-state index < -0.39 is 11.8 Å². The number of ketones is 1. The van der Waals surface area contributed by atoms with Gasteiger partial charge in [-0.05, 0) is 0 Å². The lowest BCUT2D eigenvalue weighted by atomic mass is 10.3. The van der Waals surface area contributed by atoms with Gasteiger partial charge in [-0.25, -0.2) is 4.79 Å². The zero-order chi connectivity index (χ0) is 10.2. The molecule has 0 bridgehead atoms. The van der Waals surface area contributed by atoms with E-state index in [-0.39, 0.29) is 19.3 Å². The molecule has 0 radical (unpaired) electrons. The minimum absolute atomic E-state index is 0.0120. The first-order valence-corrected chi connectivity index (χ1v) is 4.81. The standard InChI is InChI=1S/C6HCl3O3S/c7-1-2(8)5(9)13-4(1)3(10)6(11)12/h(H,11,12). The predicted octanol–water partition coefficient (Wildman–Crippen LogP) is 2.98. The number of Topliss-reactive ketones (excluding diaryl/α,β-unsaturated/α-hetero) is 1. The summed E-state index contributed by atoms with van der Waals surface area (Å²) in [5, 5.41) is 8.28. The number of hydrogen-bond acceptors (Lipinski definition) is 3. The van der Waals surface area contributed by atoms with E-state index in [0.717, 1.165) is 11.3 Å². The van der Waals surface area contributed by atoms with E-state index in [2.05, 4.69) is 0 Å². The van der Waals surface area contributed by atoms with Crippen LogP contribution in [0.5, 0.6) is 0 Å². The number of carboxylic acids is 1. The molecule has 0 saturated carbocycles. The molecule has 0 aliphatic carbocycles. The van der Waals surface area contributed by atoms with Crippen LogP contribution in [-0.2, 0) is 4.79 Å². The van der Waals surface area contributed by atoms with Crippen LogP contribution in [0.15, 0.2) is 0 Å². The Balaban J connectivity index is 3.24. The van der Waals surface area contributed by atoms with Crippen LogP contribution in [0.2, 0.25) is 14.4 Å². The SMILES string of the molecule is O=C(O)C(=O)c1sc(Cl)c(Cl)c1Cl. The van der Waals surface area contributed by atoms with E-state index >= 15 is 0 Å². The minimum atomic E-state index is -1.59. The van der Waals surface area contributed by atoms with Crippen LogP contribution in [0.3, 0.4) is 0 Å². The van der Waals surface area contributed by atoms with E-state index in [9.17, 15) is 9.59 Å². The molecule has 1 heterocycles. The molecule has 0 unspecified atom stereocenters. The van der Waals surface area contributed by atoms with Gasteiger partial charge in [0.15, 0.2) is 0 Å². The van der Waals surface area contributed by atoms with Crippen molar-refractivity contribution in [1.82, 2.24) is 0 Å². The van der Waals surface area contributed by atoms with Crippen LogP contribution < -0.4 is 0 Å². The van der Waals surface area contributed by atoms with Crippen molar-refractivity contribution < 1.29 is 14.7 Å². The molecule has 0 saturated heterocycles. The van der Waals surface area contributed by atoms with Crippen molar-refractivity contribution in [3.8, 4) is 0 Å². The molecule has 1 rings (SSSR count). The molecule has 7 heteroatoms. The summed E-state index contributed by atoms with van der Waals surface area (Å²) in [6.07, 6.45) is 0. The van der Waals surface area contributed by atoms with Gasteiger partial charge in [0.05, 0.1) is 10.0 Å². The van der Waals surface area contributed by atoms with Gasteiger partial charge in [0.25, 0.3) is 5.78 Å². The number of thiophene rings is 1. The van der Waals surface area contributed by atoms with Gasteiger partial charge in [0, 0.05) is 0 Å². The highest BCUT2D eigenvalue weighted by atomic mass is 35.5. The maximum atomic E-state index is 10.9. The second-order valence-electron chi connectivity index (χ2n) is 1.97. The Morgan fingerprint density at radius 3 is 2.00 bits per heavy atom. The molecule has 0 amide bonds. The topological polar surface area (TPSA) is 54.4 Å². The predicted molar refractivity (Wildman–Crippen MR) is 51.3 cm³/mol. The van der Waals surface area contributed by atoms with Gasteiger partial charge in [-0.2, -0.15) is 0 Å². The number of carboxylic acid groups (broad SMARTS) is 1. The summed E-state index contributed by atoms with van der Waals surface area (Å²) >= 11 is 17.4. The van der Waals surface area contributed by atoms with Gasteiger partial charge in [-0.3, -0.25) is 4.79 Å². The van der Waals surface area contributed by atoms with E-state index in [1.54, 1.807) is 0 Å². The number of carbonyl (C=O) groups excluding carboxylic acids is 1.